The van der Waals surface area contributed by atoms with E-state index in [0.717, 1.165) is 12.8 Å². The number of nitrogens with one attached hydrogen (secondary N) is 1. The number of carbonyl (C=O) groups is 1. The van der Waals surface area contributed by atoms with Gasteiger partial charge in [0.2, 0.25) is 0 Å². The van der Waals surface area contributed by atoms with Gasteiger partial charge in [-0.15, -0.1) is 0 Å². The lowest BCUT2D eigenvalue weighted by Crippen LogP contribution is -2.29. The van der Waals surface area contributed by atoms with Gasteiger partial charge >= 0.3 is 0 Å². The van der Waals surface area contributed by atoms with Crippen LogP contribution in [0.2, 0.25) is 0 Å². The van der Waals surface area contributed by atoms with Crippen LogP contribution in [-0.2, 0) is 9.53 Å². The van der Waals surface area contributed by atoms with Crippen molar-refractivity contribution in [1.29, 1.82) is 0 Å². The SMILES string of the molecule is C=C(CCC)OC(=C)C(=O)NCC(C)C. The monoisotopic (exact) mass is 211 g/mol. The van der Waals surface area contributed by atoms with Crippen molar-refractivity contribution in [2.24, 2.45) is 5.92 Å². The second kappa shape index (κ2) is 7.10. The van der Waals surface area contributed by atoms with Gasteiger partial charge in [-0.3, -0.25) is 4.79 Å². The fourth-order valence-corrected chi connectivity index (χ4v) is 0.946. The Hall–Kier alpha value is -1.25. The Balaban J connectivity index is 3.89. The maximum atomic E-state index is 11.4. The predicted octanol–water partition coefficient (Wildman–Crippen LogP) is 2.60. The smallest absolute Gasteiger partial charge is 0.286 e. The van der Waals surface area contributed by atoms with E-state index in [1.165, 1.54) is 0 Å². The van der Waals surface area contributed by atoms with Crippen molar-refractivity contribution < 1.29 is 9.53 Å². The molecule has 0 aromatic rings. The Morgan fingerprint density at radius 2 is 2.00 bits per heavy atom. The third kappa shape index (κ3) is 6.77. The van der Waals surface area contributed by atoms with Crippen molar-refractivity contribution in [3.63, 3.8) is 0 Å². The van der Waals surface area contributed by atoms with E-state index >= 15 is 0 Å². The molecule has 0 aliphatic carbocycles. The van der Waals surface area contributed by atoms with Crippen LogP contribution in [0, 0.1) is 5.92 Å². The largest absolute Gasteiger partial charge is 0.457 e. The van der Waals surface area contributed by atoms with Crippen molar-refractivity contribution in [2.45, 2.75) is 33.6 Å². The van der Waals surface area contributed by atoms with Crippen molar-refractivity contribution >= 4 is 5.91 Å². The molecule has 1 amide bonds. The highest BCUT2D eigenvalue weighted by molar-refractivity contribution is 5.90. The first-order valence-corrected chi connectivity index (χ1v) is 5.30. The first-order valence-electron chi connectivity index (χ1n) is 5.30. The molecule has 3 nitrogen and oxygen atoms in total. The summed E-state index contributed by atoms with van der Waals surface area (Å²) in [7, 11) is 0. The Bertz CT molecular complexity index is 244. The Kier molecular flexibility index (Phi) is 6.50. The molecule has 15 heavy (non-hydrogen) atoms. The van der Waals surface area contributed by atoms with E-state index in [1.807, 2.05) is 20.8 Å². The van der Waals surface area contributed by atoms with Crippen LogP contribution in [0.4, 0.5) is 0 Å². The van der Waals surface area contributed by atoms with Crippen LogP contribution in [0.1, 0.15) is 33.6 Å². The van der Waals surface area contributed by atoms with Crippen LogP contribution in [0.15, 0.2) is 24.7 Å². The molecule has 3 heteroatoms. The van der Waals surface area contributed by atoms with Gasteiger partial charge in [0.05, 0.1) is 5.76 Å². The lowest BCUT2D eigenvalue weighted by Gasteiger charge is -2.11. The second-order valence-electron chi connectivity index (χ2n) is 3.92. The van der Waals surface area contributed by atoms with E-state index in [0.29, 0.717) is 18.2 Å². The standard InChI is InChI=1S/C12H21NO2/c1-6-7-10(4)15-11(5)12(14)13-8-9(2)3/h9H,4-8H2,1-3H3,(H,13,14). The fraction of sp³-hybridized carbons (Fsp3) is 0.583. The molecule has 0 atom stereocenters. The van der Waals surface area contributed by atoms with Gasteiger partial charge in [-0.2, -0.15) is 0 Å². The van der Waals surface area contributed by atoms with Gasteiger partial charge in [0, 0.05) is 13.0 Å². The summed E-state index contributed by atoms with van der Waals surface area (Å²) in [6.45, 7) is 14.0. The molecule has 0 saturated heterocycles. The molecule has 1 N–H and O–H groups in total. The highest BCUT2D eigenvalue weighted by atomic mass is 16.5. The highest BCUT2D eigenvalue weighted by Crippen LogP contribution is 2.08. The van der Waals surface area contributed by atoms with Crippen LogP contribution < -0.4 is 5.32 Å². The number of hydrogen-bond acceptors (Lipinski definition) is 2. The number of ether oxygens (including phenoxy) is 1. The number of rotatable bonds is 7. The van der Waals surface area contributed by atoms with Gasteiger partial charge in [-0.25, -0.2) is 0 Å². The molecule has 0 bridgehead atoms. The van der Waals surface area contributed by atoms with Crippen molar-refractivity contribution in [3.05, 3.63) is 24.7 Å². The molecule has 0 heterocycles. The molecule has 0 rings (SSSR count). The van der Waals surface area contributed by atoms with E-state index < -0.39 is 0 Å². The number of amides is 1. The maximum absolute atomic E-state index is 11.4. The maximum Gasteiger partial charge on any atom is 0.286 e. The van der Waals surface area contributed by atoms with E-state index in [2.05, 4.69) is 18.5 Å². The van der Waals surface area contributed by atoms with Gasteiger partial charge in [0.15, 0.2) is 5.76 Å². The summed E-state index contributed by atoms with van der Waals surface area (Å²) in [4.78, 5) is 11.4. The molecule has 0 aromatic heterocycles. The molecule has 0 aromatic carbocycles. The summed E-state index contributed by atoms with van der Waals surface area (Å²) in [5.74, 6) is 0.859. The van der Waals surface area contributed by atoms with Crippen molar-refractivity contribution in [3.8, 4) is 0 Å². The zero-order valence-corrected chi connectivity index (χ0v) is 9.93. The number of allylic oxidation sites excluding steroid dienone is 1. The van der Waals surface area contributed by atoms with Gasteiger partial charge in [0.1, 0.15) is 0 Å². The van der Waals surface area contributed by atoms with Crippen LogP contribution in [-0.4, -0.2) is 12.5 Å². The predicted molar refractivity (Wildman–Crippen MR) is 62.1 cm³/mol. The van der Waals surface area contributed by atoms with E-state index in [-0.39, 0.29) is 11.7 Å². The van der Waals surface area contributed by atoms with Gasteiger partial charge in [0.25, 0.3) is 5.91 Å². The molecular formula is C12H21NO2. The van der Waals surface area contributed by atoms with Crippen LogP contribution in [0.5, 0.6) is 0 Å². The molecule has 0 spiro atoms. The average Bonchev–Trinajstić information content (AvgIpc) is 2.14. The van der Waals surface area contributed by atoms with Crippen LogP contribution in [0.3, 0.4) is 0 Å². The summed E-state index contributed by atoms with van der Waals surface area (Å²) in [5, 5.41) is 2.72. The molecular weight excluding hydrogens is 190 g/mol. The van der Waals surface area contributed by atoms with E-state index in [1.54, 1.807) is 0 Å². The van der Waals surface area contributed by atoms with E-state index in [4.69, 9.17) is 4.74 Å². The lowest BCUT2D eigenvalue weighted by molar-refractivity contribution is -0.120. The quantitative estimate of drug-likeness (QED) is 0.519. The summed E-state index contributed by atoms with van der Waals surface area (Å²) in [6.07, 6.45) is 1.69. The second-order valence-corrected chi connectivity index (χ2v) is 3.92. The van der Waals surface area contributed by atoms with Crippen molar-refractivity contribution in [1.82, 2.24) is 5.32 Å². The van der Waals surface area contributed by atoms with E-state index in [9.17, 15) is 4.79 Å². The van der Waals surface area contributed by atoms with Gasteiger partial charge in [-0.05, 0) is 12.3 Å². The van der Waals surface area contributed by atoms with Crippen LogP contribution >= 0.6 is 0 Å². The summed E-state index contributed by atoms with van der Waals surface area (Å²) < 4.78 is 5.18. The fourth-order valence-electron chi connectivity index (χ4n) is 0.946. The van der Waals surface area contributed by atoms with Crippen LogP contribution in [0.25, 0.3) is 0 Å². The first-order chi connectivity index (χ1) is 6.97. The minimum absolute atomic E-state index is 0.120. The number of hydrogen-bond donors (Lipinski definition) is 1. The third-order valence-corrected chi connectivity index (χ3v) is 1.72. The zero-order chi connectivity index (χ0) is 11.8. The Labute approximate surface area is 92.2 Å². The molecule has 0 fully saturated rings. The lowest BCUT2D eigenvalue weighted by atomic mass is 10.2. The summed E-state index contributed by atoms with van der Waals surface area (Å²) in [5.41, 5.74) is 0. The number of carbonyl (C=O) groups excluding carboxylic acids is 1. The topological polar surface area (TPSA) is 38.3 Å². The Morgan fingerprint density at radius 1 is 1.40 bits per heavy atom. The minimum Gasteiger partial charge on any atom is -0.457 e. The van der Waals surface area contributed by atoms with Gasteiger partial charge < -0.3 is 10.1 Å². The summed E-state index contributed by atoms with van der Waals surface area (Å²) >= 11 is 0. The van der Waals surface area contributed by atoms with Gasteiger partial charge in [-0.1, -0.05) is 33.9 Å². The average molecular weight is 211 g/mol. The minimum atomic E-state index is -0.263. The molecule has 0 unspecified atom stereocenters. The molecule has 0 aliphatic rings. The molecule has 86 valence electrons. The van der Waals surface area contributed by atoms with Crippen molar-refractivity contribution in [2.75, 3.05) is 6.54 Å². The highest BCUT2D eigenvalue weighted by Gasteiger charge is 2.09. The summed E-state index contributed by atoms with van der Waals surface area (Å²) in [6, 6.07) is 0. The normalized spacial score (nSPS) is 9.87. The third-order valence-electron chi connectivity index (χ3n) is 1.72. The molecule has 0 saturated carbocycles. The Morgan fingerprint density at radius 3 is 2.47 bits per heavy atom. The zero-order valence-electron chi connectivity index (χ0n) is 9.93. The first kappa shape index (κ1) is 13.8. The molecule has 0 aliphatic heterocycles. The molecule has 0 radical (unpaired) electrons.